The monoisotopic (exact) mass is 528 g/mol. The van der Waals surface area contributed by atoms with Crippen molar-refractivity contribution >= 4 is 11.7 Å². The van der Waals surface area contributed by atoms with Gasteiger partial charge in [-0.3, -0.25) is 9.48 Å². The van der Waals surface area contributed by atoms with Crippen molar-refractivity contribution in [3.8, 4) is 11.1 Å². The van der Waals surface area contributed by atoms with Crippen LogP contribution in [0.4, 0.5) is 23.4 Å². The van der Waals surface area contributed by atoms with Crippen molar-refractivity contribution in [2.75, 3.05) is 5.32 Å². The Morgan fingerprint density at radius 1 is 1.13 bits per heavy atom. The molecule has 12 heteroatoms. The Hall–Kier alpha value is -4.09. The molecule has 1 aliphatic rings. The molecule has 1 aliphatic carbocycles. The zero-order chi connectivity index (χ0) is 27.1. The third-order valence-electron chi connectivity index (χ3n) is 6.53. The maximum atomic E-state index is 14.8. The van der Waals surface area contributed by atoms with Crippen LogP contribution in [0.25, 0.3) is 11.1 Å². The van der Waals surface area contributed by atoms with Crippen molar-refractivity contribution in [1.29, 1.82) is 0 Å². The van der Waals surface area contributed by atoms with Gasteiger partial charge < -0.3 is 9.84 Å². The first-order valence-electron chi connectivity index (χ1n) is 12.0. The van der Waals surface area contributed by atoms with Crippen molar-refractivity contribution in [2.24, 2.45) is 0 Å². The summed E-state index contributed by atoms with van der Waals surface area (Å²) in [4.78, 5) is 21.1. The molecule has 1 fully saturated rings. The minimum Gasteiger partial charge on any atom is -0.358 e. The van der Waals surface area contributed by atoms with Gasteiger partial charge in [-0.25, -0.2) is 14.4 Å². The van der Waals surface area contributed by atoms with Gasteiger partial charge in [0.2, 0.25) is 5.91 Å². The molecule has 4 aromatic rings. The van der Waals surface area contributed by atoms with E-state index in [4.69, 9.17) is 4.52 Å². The van der Waals surface area contributed by atoms with E-state index in [1.807, 2.05) is 24.7 Å². The van der Waals surface area contributed by atoms with E-state index in [0.29, 0.717) is 23.4 Å². The van der Waals surface area contributed by atoms with Gasteiger partial charge in [-0.05, 0) is 49.4 Å². The number of amides is 1. The number of carbonyl (C=O) groups is 1. The molecule has 0 unspecified atom stereocenters. The summed E-state index contributed by atoms with van der Waals surface area (Å²) < 4.78 is 61.2. The lowest BCUT2D eigenvalue weighted by molar-refractivity contribution is -0.165. The summed E-state index contributed by atoms with van der Waals surface area (Å²) in [5.74, 6) is -1.13. The van der Waals surface area contributed by atoms with Crippen LogP contribution in [-0.2, 0) is 23.1 Å². The van der Waals surface area contributed by atoms with Gasteiger partial charge in [0.1, 0.15) is 17.1 Å². The summed E-state index contributed by atoms with van der Waals surface area (Å²) in [6.07, 6.45) is 2.47. The second kappa shape index (κ2) is 9.66. The van der Waals surface area contributed by atoms with Gasteiger partial charge in [0.25, 0.3) is 0 Å². The average molecular weight is 529 g/mol. The van der Waals surface area contributed by atoms with Gasteiger partial charge in [-0.1, -0.05) is 17.3 Å². The van der Waals surface area contributed by atoms with Crippen LogP contribution in [0.5, 0.6) is 0 Å². The zero-order valence-corrected chi connectivity index (χ0v) is 20.6. The molecule has 0 saturated heterocycles. The Labute approximate surface area is 215 Å². The van der Waals surface area contributed by atoms with Crippen LogP contribution in [0.2, 0.25) is 0 Å². The normalized spacial score (nSPS) is 14.6. The maximum absolute atomic E-state index is 14.8. The Bertz CT molecular complexity index is 1460. The average Bonchev–Trinajstić information content (AvgIpc) is 3.34. The van der Waals surface area contributed by atoms with Gasteiger partial charge >= 0.3 is 6.18 Å². The predicted molar refractivity (Wildman–Crippen MR) is 129 cm³/mol. The molecule has 1 N–H and O–H groups in total. The number of aromatic nitrogens is 5. The molecule has 8 nitrogen and oxygen atoms in total. The lowest BCUT2D eigenvalue weighted by atomic mass is 10.0. The van der Waals surface area contributed by atoms with Crippen LogP contribution in [-0.4, -0.2) is 37.0 Å². The molecule has 38 heavy (non-hydrogen) atoms. The van der Waals surface area contributed by atoms with E-state index in [2.05, 4.69) is 25.5 Å². The molecule has 198 valence electrons. The number of benzene rings is 1. The lowest BCUT2D eigenvalue weighted by Crippen LogP contribution is -2.28. The maximum Gasteiger partial charge on any atom is 0.401 e. The van der Waals surface area contributed by atoms with Crippen LogP contribution in [0.1, 0.15) is 55.4 Å². The van der Waals surface area contributed by atoms with Gasteiger partial charge in [0.05, 0.1) is 12.6 Å². The Morgan fingerprint density at radius 2 is 1.87 bits per heavy atom. The van der Waals surface area contributed by atoms with Crippen LogP contribution in [0.15, 0.2) is 53.6 Å². The molecule has 1 saturated carbocycles. The highest BCUT2D eigenvalue weighted by Gasteiger charge is 2.66. The van der Waals surface area contributed by atoms with Gasteiger partial charge in [0, 0.05) is 42.7 Å². The fourth-order valence-corrected chi connectivity index (χ4v) is 4.11. The molecule has 0 spiro atoms. The first kappa shape index (κ1) is 25.6. The molecule has 0 bridgehead atoms. The quantitative estimate of drug-likeness (QED) is 0.307. The lowest BCUT2D eigenvalue weighted by Gasteiger charge is -2.14. The molecule has 5 rings (SSSR count). The third kappa shape index (κ3) is 5.15. The Balaban J connectivity index is 1.20. The van der Waals surface area contributed by atoms with Gasteiger partial charge in [0.15, 0.2) is 11.6 Å². The number of nitrogens with zero attached hydrogens (tertiary/aromatic N) is 5. The van der Waals surface area contributed by atoms with Crippen molar-refractivity contribution in [3.05, 3.63) is 77.6 Å². The van der Waals surface area contributed by atoms with E-state index in [9.17, 15) is 22.4 Å². The highest BCUT2D eigenvalue weighted by atomic mass is 19.4. The molecule has 0 aliphatic heterocycles. The van der Waals surface area contributed by atoms with Crippen molar-refractivity contribution in [1.82, 2.24) is 24.9 Å². The summed E-state index contributed by atoms with van der Waals surface area (Å²) in [5.41, 5.74) is 0.200. The Kier molecular flexibility index (Phi) is 6.49. The number of hydrogen-bond acceptors (Lipinski definition) is 6. The number of anilines is 1. The predicted octanol–water partition coefficient (Wildman–Crippen LogP) is 5.41. The van der Waals surface area contributed by atoms with Crippen LogP contribution in [0, 0.1) is 5.82 Å². The fourth-order valence-electron chi connectivity index (χ4n) is 4.11. The minimum atomic E-state index is -4.46. The van der Waals surface area contributed by atoms with E-state index in [1.165, 1.54) is 12.1 Å². The molecule has 0 radical (unpaired) electrons. The second-order valence-electron chi connectivity index (χ2n) is 9.67. The highest BCUT2D eigenvalue weighted by molar-refractivity contribution is 5.91. The summed E-state index contributed by atoms with van der Waals surface area (Å²) in [5, 5.41) is 10.2. The highest BCUT2D eigenvalue weighted by Crippen LogP contribution is 2.59. The molecular formula is C26H24F4N6O2. The number of carbonyl (C=O) groups excluding carboxylic acids is 1. The molecule has 1 aromatic carbocycles. The van der Waals surface area contributed by atoms with E-state index in [-0.39, 0.29) is 42.4 Å². The molecule has 0 atom stereocenters. The van der Waals surface area contributed by atoms with Gasteiger partial charge in [-0.2, -0.15) is 18.3 Å². The Morgan fingerprint density at radius 3 is 2.47 bits per heavy atom. The van der Waals surface area contributed by atoms with Crippen molar-refractivity contribution in [3.63, 3.8) is 0 Å². The molecule has 1 amide bonds. The zero-order valence-electron chi connectivity index (χ0n) is 20.6. The van der Waals surface area contributed by atoms with Crippen LogP contribution < -0.4 is 5.32 Å². The molecule has 3 aromatic heterocycles. The van der Waals surface area contributed by atoms with Crippen molar-refractivity contribution < 1.29 is 26.9 Å². The number of alkyl halides is 3. The number of rotatable bonds is 8. The van der Waals surface area contributed by atoms with E-state index in [0.717, 1.165) is 11.6 Å². The first-order chi connectivity index (χ1) is 18.0. The number of halogens is 4. The smallest absolute Gasteiger partial charge is 0.358 e. The molecule has 3 heterocycles. The summed E-state index contributed by atoms with van der Waals surface area (Å²) in [6, 6.07) is 5.71. The third-order valence-corrected chi connectivity index (χ3v) is 6.53. The first-order valence-corrected chi connectivity index (χ1v) is 12.0. The van der Waals surface area contributed by atoms with E-state index in [1.54, 1.807) is 24.7 Å². The van der Waals surface area contributed by atoms with Crippen molar-refractivity contribution in [2.45, 2.75) is 57.2 Å². The SMILES string of the molecule is CC(C)n1cc(Cc2ncc(-c3ccc(CC(=O)Nc4cc(C5(C(F)(F)F)CC5)on4)c(F)c3)cn2)cn1. The van der Waals surface area contributed by atoms with E-state index >= 15 is 0 Å². The van der Waals surface area contributed by atoms with Crippen LogP contribution >= 0.6 is 0 Å². The largest absolute Gasteiger partial charge is 0.401 e. The van der Waals surface area contributed by atoms with Gasteiger partial charge in [-0.15, -0.1) is 0 Å². The number of nitrogens with one attached hydrogen (secondary N) is 1. The standard InChI is InChI=1S/C26H24F4N6O2/c1-15(2)36-14-16(11-33-36)7-22-31-12-19(13-32-22)17-3-4-18(20(27)8-17)9-24(37)34-23-10-21(38-35-23)25(5-6-25)26(28,29)30/h3-4,8,10-15H,5-7,9H2,1-2H3,(H,34,35,37). The summed E-state index contributed by atoms with van der Waals surface area (Å²) in [7, 11) is 0. The topological polar surface area (TPSA) is 98.7 Å². The summed E-state index contributed by atoms with van der Waals surface area (Å²) >= 11 is 0. The summed E-state index contributed by atoms with van der Waals surface area (Å²) in [6.45, 7) is 4.07. The minimum absolute atomic E-state index is 0.0889. The van der Waals surface area contributed by atoms with E-state index < -0.39 is 23.3 Å². The fraction of sp³-hybridized carbons (Fsp3) is 0.346. The number of hydrogen-bond donors (Lipinski definition) is 1. The second-order valence-corrected chi connectivity index (χ2v) is 9.67. The molecular weight excluding hydrogens is 504 g/mol. The van der Waals surface area contributed by atoms with Crippen LogP contribution in [0.3, 0.4) is 0 Å².